The Morgan fingerprint density at radius 3 is 1.14 bits per heavy atom. The van der Waals surface area contributed by atoms with E-state index in [9.17, 15) is 39.6 Å². The van der Waals surface area contributed by atoms with Crippen molar-refractivity contribution in [1.29, 1.82) is 0 Å². The SMILES string of the molecule is O=C(O)CN(CC(=O)O)Cc1cc(C#Cc2ccccc2)cc(COCc2cc(C#Cc3ccccc3)cc(CN(CC(=O)O)CC(=O)O)n2)n1. The van der Waals surface area contributed by atoms with Crippen molar-refractivity contribution in [3.05, 3.63) is 130 Å². The molecule has 260 valence electrons. The minimum Gasteiger partial charge on any atom is -0.480 e. The van der Waals surface area contributed by atoms with Crippen molar-refractivity contribution < 1.29 is 44.3 Å². The summed E-state index contributed by atoms with van der Waals surface area (Å²) in [6.45, 7) is -2.20. The molecule has 4 rings (SSSR count). The summed E-state index contributed by atoms with van der Waals surface area (Å²) < 4.78 is 5.99. The first-order chi connectivity index (χ1) is 24.5. The van der Waals surface area contributed by atoms with E-state index in [1.165, 1.54) is 9.80 Å². The van der Waals surface area contributed by atoms with Crippen LogP contribution in [0.1, 0.15) is 45.0 Å². The average molecular weight is 691 g/mol. The number of ether oxygens (including phenoxy) is 1. The van der Waals surface area contributed by atoms with Gasteiger partial charge in [0.25, 0.3) is 0 Å². The number of nitrogens with zero attached hydrogens (tertiary/aromatic N) is 4. The molecule has 0 fully saturated rings. The van der Waals surface area contributed by atoms with Gasteiger partial charge in [-0.3, -0.25) is 38.9 Å². The van der Waals surface area contributed by atoms with Gasteiger partial charge < -0.3 is 25.2 Å². The second-order valence-corrected chi connectivity index (χ2v) is 11.3. The van der Waals surface area contributed by atoms with Crippen LogP contribution in [0.5, 0.6) is 0 Å². The minimum atomic E-state index is -1.18. The van der Waals surface area contributed by atoms with E-state index < -0.39 is 50.1 Å². The van der Waals surface area contributed by atoms with Gasteiger partial charge in [0, 0.05) is 35.3 Å². The minimum absolute atomic E-state index is 0.0210. The largest absolute Gasteiger partial charge is 0.480 e. The fourth-order valence-corrected chi connectivity index (χ4v) is 4.90. The second kappa shape index (κ2) is 19.0. The Kier molecular flexibility index (Phi) is 13.9. The Bertz CT molecular complexity index is 1810. The van der Waals surface area contributed by atoms with Crippen molar-refractivity contribution in [2.75, 3.05) is 26.2 Å². The van der Waals surface area contributed by atoms with Gasteiger partial charge in [0.2, 0.25) is 0 Å². The van der Waals surface area contributed by atoms with Gasteiger partial charge in [0.15, 0.2) is 0 Å². The molecule has 2 aromatic carbocycles. The molecule has 2 aromatic heterocycles. The zero-order valence-electron chi connectivity index (χ0n) is 27.4. The average Bonchev–Trinajstić information content (AvgIpc) is 3.06. The first-order valence-corrected chi connectivity index (χ1v) is 15.5. The molecular weight excluding hydrogens is 656 g/mol. The third kappa shape index (κ3) is 13.9. The number of aromatic nitrogens is 2. The number of aliphatic carboxylic acids is 4. The topological polar surface area (TPSA) is 191 Å². The predicted octanol–water partition coefficient (Wildman–Crippen LogP) is 2.94. The van der Waals surface area contributed by atoms with E-state index in [2.05, 4.69) is 33.6 Å². The van der Waals surface area contributed by atoms with Crippen LogP contribution in [-0.2, 0) is 50.2 Å². The van der Waals surface area contributed by atoms with Crippen LogP contribution >= 0.6 is 0 Å². The Hall–Kier alpha value is -6.38. The smallest absolute Gasteiger partial charge is 0.317 e. The van der Waals surface area contributed by atoms with Crippen molar-refractivity contribution in [1.82, 2.24) is 19.8 Å². The first-order valence-electron chi connectivity index (χ1n) is 15.5. The van der Waals surface area contributed by atoms with Crippen molar-refractivity contribution in [3.8, 4) is 23.7 Å². The lowest BCUT2D eigenvalue weighted by Gasteiger charge is -2.18. The lowest BCUT2D eigenvalue weighted by atomic mass is 10.1. The fraction of sp³-hybridized carbons (Fsp3) is 0.211. The molecule has 4 N–H and O–H groups in total. The summed E-state index contributed by atoms with van der Waals surface area (Å²) >= 11 is 0. The molecule has 0 amide bonds. The molecule has 0 radical (unpaired) electrons. The molecule has 13 nitrogen and oxygen atoms in total. The quantitative estimate of drug-likeness (QED) is 0.126. The normalized spacial score (nSPS) is 10.5. The number of rotatable bonds is 16. The summed E-state index contributed by atoms with van der Waals surface area (Å²) in [6.07, 6.45) is 0. The molecule has 0 aliphatic carbocycles. The van der Waals surface area contributed by atoms with Crippen LogP contribution in [0.4, 0.5) is 0 Å². The van der Waals surface area contributed by atoms with Gasteiger partial charge >= 0.3 is 23.9 Å². The van der Waals surface area contributed by atoms with Gasteiger partial charge in [-0.15, -0.1) is 0 Å². The molecule has 0 bridgehead atoms. The van der Waals surface area contributed by atoms with Gasteiger partial charge in [0.1, 0.15) is 0 Å². The number of hydrogen-bond donors (Lipinski definition) is 4. The highest BCUT2D eigenvalue weighted by molar-refractivity contribution is 5.73. The van der Waals surface area contributed by atoms with Gasteiger partial charge in [0.05, 0.1) is 62.2 Å². The van der Waals surface area contributed by atoms with Crippen molar-refractivity contribution in [3.63, 3.8) is 0 Å². The molecule has 0 saturated heterocycles. The van der Waals surface area contributed by atoms with Crippen LogP contribution in [0.15, 0.2) is 84.9 Å². The van der Waals surface area contributed by atoms with Crippen LogP contribution in [0, 0.1) is 23.7 Å². The van der Waals surface area contributed by atoms with Crippen molar-refractivity contribution in [2.45, 2.75) is 26.3 Å². The Morgan fingerprint density at radius 1 is 0.490 bits per heavy atom. The zero-order valence-corrected chi connectivity index (χ0v) is 27.4. The molecule has 51 heavy (non-hydrogen) atoms. The van der Waals surface area contributed by atoms with Crippen LogP contribution in [0.3, 0.4) is 0 Å². The van der Waals surface area contributed by atoms with Gasteiger partial charge in [-0.2, -0.15) is 0 Å². The molecule has 0 spiro atoms. The third-order valence-corrected chi connectivity index (χ3v) is 6.82. The summed E-state index contributed by atoms with van der Waals surface area (Å²) in [7, 11) is 0. The molecule has 0 aliphatic rings. The third-order valence-electron chi connectivity index (χ3n) is 6.82. The maximum Gasteiger partial charge on any atom is 0.317 e. The van der Waals surface area contributed by atoms with E-state index in [0.717, 1.165) is 11.1 Å². The monoisotopic (exact) mass is 690 g/mol. The molecule has 0 aliphatic heterocycles. The Labute approximate surface area is 293 Å². The molecule has 0 saturated carbocycles. The fourth-order valence-electron chi connectivity index (χ4n) is 4.90. The standard InChI is InChI=1S/C38H34N4O9/c43-35(44)21-41(22-36(45)46)19-31-15-29(13-11-27-7-3-1-4-8-27)17-33(39-31)25-51-26-34-18-30(14-12-28-9-5-2-6-10-28)16-32(40-34)20-42(23-37(47)48)24-38(49)50/h1-10,15-18H,19-26H2,(H,43,44)(H,45,46)(H,47,48)(H,49,50). The predicted molar refractivity (Wildman–Crippen MR) is 183 cm³/mol. The summed E-state index contributed by atoms with van der Waals surface area (Å²) in [5, 5.41) is 37.2. The van der Waals surface area contributed by atoms with Gasteiger partial charge in [-0.05, 0) is 48.5 Å². The number of pyridine rings is 2. The van der Waals surface area contributed by atoms with E-state index in [1.54, 1.807) is 24.3 Å². The highest BCUT2D eigenvalue weighted by atomic mass is 16.5. The Balaban J connectivity index is 1.60. The zero-order chi connectivity index (χ0) is 36.6. The van der Waals surface area contributed by atoms with E-state index in [-0.39, 0.29) is 26.3 Å². The maximum atomic E-state index is 11.4. The highest BCUT2D eigenvalue weighted by Crippen LogP contribution is 2.14. The number of carboxylic acids is 4. The van der Waals surface area contributed by atoms with Crippen LogP contribution < -0.4 is 0 Å². The maximum absolute atomic E-state index is 11.4. The molecule has 4 aromatic rings. The van der Waals surface area contributed by atoms with Crippen molar-refractivity contribution >= 4 is 23.9 Å². The van der Waals surface area contributed by atoms with Crippen molar-refractivity contribution in [2.24, 2.45) is 0 Å². The van der Waals surface area contributed by atoms with E-state index in [0.29, 0.717) is 33.9 Å². The van der Waals surface area contributed by atoms with Crippen LogP contribution in [0.2, 0.25) is 0 Å². The highest BCUT2D eigenvalue weighted by Gasteiger charge is 2.17. The number of carbonyl (C=O) groups is 4. The second-order valence-electron chi connectivity index (χ2n) is 11.3. The van der Waals surface area contributed by atoms with Crippen LogP contribution in [0.25, 0.3) is 0 Å². The summed E-state index contributed by atoms with van der Waals surface area (Å²) in [5.41, 5.74) is 4.35. The van der Waals surface area contributed by atoms with E-state index in [4.69, 9.17) is 4.74 Å². The lowest BCUT2D eigenvalue weighted by molar-refractivity contribution is -0.144. The molecule has 13 heteroatoms. The molecule has 0 atom stereocenters. The van der Waals surface area contributed by atoms with Gasteiger partial charge in [-0.25, -0.2) is 0 Å². The van der Waals surface area contributed by atoms with Crippen LogP contribution in [-0.4, -0.2) is 90.3 Å². The molecule has 0 unspecified atom stereocenters. The number of benzene rings is 2. The molecule has 2 heterocycles. The number of carboxylic acid groups (broad SMARTS) is 4. The summed E-state index contributed by atoms with van der Waals surface area (Å²) in [6, 6.07) is 25.3. The number of hydrogen-bond acceptors (Lipinski definition) is 9. The molecular formula is C38H34N4O9. The Morgan fingerprint density at radius 2 is 0.804 bits per heavy atom. The summed E-state index contributed by atoms with van der Waals surface area (Å²) in [5.74, 6) is 7.56. The van der Waals surface area contributed by atoms with Gasteiger partial charge in [-0.1, -0.05) is 60.1 Å². The first kappa shape index (κ1) is 37.4. The summed E-state index contributed by atoms with van der Waals surface area (Å²) in [4.78, 5) is 57.2. The lowest BCUT2D eigenvalue weighted by Crippen LogP contribution is -2.34. The van der Waals surface area contributed by atoms with E-state index >= 15 is 0 Å². The van der Waals surface area contributed by atoms with E-state index in [1.807, 2.05) is 60.7 Å².